The summed E-state index contributed by atoms with van der Waals surface area (Å²) in [5.41, 5.74) is 8.16. The van der Waals surface area contributed by atoms with Gasteiger partial charge in [0.25, 0.3) is 5.56 Å². The minimum absolute atomic E-state index is 0.00245. The molecule has 0 radical (unpaired) electrons. The van der Waals surface area contributed by atoms with Gasteiger partial charge in [-0.15, -0.1) is 0 Å². The number of primary amides is 1. The average Bonchev–Trinajstić information content (AvgIpc) is 3.19. The molecule has 2 aromatic heterocycles. The molecule has 0 aliphatic heterocycles. The van der Waals surface area contributed by atoms with Gasteiger partial charge in [0.15, 0.2) is 0 Å². The van der Waals surface area contributed by atoms with E-state index in [1.54, 1.807) is 17.0 Å². The van der Waals surface area contributed by atoms with Gasteiger partial charge in [-0.2, -0.15) is 5.10 Å². The quantitative estimate of drug-likeness (QED) is 0.538. The molecule has 6 heteroatoms. The average molecular weight is 396 g/mol. The summed E-state index contributed by atoms with van der Waals surface area (Å²) in [5, 5.41) is 5.51. The molecule has 2 N–H and O–H groups in total. The molecule has 0 saturated heterocycles. The van der Waals surface area contributed by atoms with Crippen LogP contribution in [-0.2, 0) is 17.8 Å². The van der Waals surface area contributed by atoms with E-state index in [2.05, 4.69) is 16.9 Å². The normalized spacial score (nSPS) is 10.6. The molecule has 30 heavy (non-hydrogen) atoms. The molecule has 2 aromatic carbocycles. The maximum atomic E-state index is 13.5. The molecule has 4 rings (SSSR count). The van der Waals surface area contributed by atoms with E-state index in [4.69, 9.17) is 5.73 Å². The van der Waals surface area contributed by atoms with Crippen molar-refractivity contribution in [2.75, 3.05) is 0 Å². The molecule has 0 aliphatic rings. The molecule has 0 unspecified atom stereocenters. The van der Waals surface area contributed by atoms with Crippen LogP contribution in [0.25, 0.3) is 16.5 Å². The molecule has 6 nitrogen and oxygen atoms in total. The lowest BCUT2D eigenvalue weighted by Gasteiger charge is -2.14. The van der Waals surface area contributed by atoms with Crippen molar-refractivity contribution in [1.29, 1.82) is 0 Å². The fourth-order valence-corrected chi connectivity index (χ4v) is 3.45. The second-order valence-corrected chi connectivity index (χ2v) is 6.88. The van der Waals surface area contributed by atoms with Gasteiger partial charge in [0.05, 0.1) is 17.1 Å². The van der Waals surface area contributed by atoms with Crippen molar-refractivity contribution in [3.05, 3.63) is 94.2 Å². The number of hydrogen-bond acceptors (Lipinski definition) is 3. The summed E-state index contributed by atoms with van der Waals surface area (Å²) >= 11 is 0. The largest absolute Gasteiger partial charge is 0.368 e. The maximum absolute atomic E-state index is 13.5. The Hall–Kier alpha value is -4.11. The van der Waals surface area contributed by atoms with Gasteiger partial charge in [-0.25, -0.2) is 0 Å². The van der Waals surface area contributed by atoms with Crippen LogP contribution < -0.4 is 11.3 Å². The van der Waals surface area contributed by atoms with E-state index < -0.39 is 5.91 Å². The zero-order valence-electron chi connectivity index (χ0n) is 16.5. The van der Waals surface area contributed by atoms with Gasteiger partial charge in [-0.05, 0) is 36.1 Å². The Kier molecular flexibility index (Phi) is 5.19. The Morgan fingerprint density at radius 1 is 1.10 bits per heavy atom. The zero-order chi connectivity index (χ0) is 21.1. The number of para-hydroxylation sites is 1. The maximum Gasteiger partial charge on any atom is 0.264 e. The van der Waals surface area contributed by atoms with E-state index in [1.165, 1.54) is 4.68 Å². The number of fused-ring (bicyclic) bond motifs is 1. The third-order valence-electron chi connectivity index (χ3n) is 4.79. The van der Waals surface area contributed by atoms with Crippen LogP contribution in [0.15, 0.2) is 71.8 Å². The molecule has 0 bridgehead atoms. The van der Waals surface area contributed by atoms with E-state index >= 15 is 0 Å². The van der Waals surface area contributed by atoms with E-state index in [-0.39, 0.29) is 12.1 Å². The highest BCUT2D eigenvalue weighted by molar-refractivity contribution is 5.88. The number of nitrogens with two attached hydrogens (primary N) is 1. The van der Waals surface area contributed by atoms with Gasteiger partial charge in [-0.3, -0.25) is 18.8 Å². The monoisotopic (exact) mass is 396 g/mol. The van der Waals surface area contributed by atoms with E-state index in [0.717, 1.165) is 23.2 Å². The first-order chi connectivity index (χ1) is 14.6. The Morgan fingerprint density at radius 2 is 1.90 bits per heavy atom. The molecule has 148 valence electrons. The number of hydrogen-bond donors (Lipinski definition) is 1. The Labute approximate surface area is 173 Å². The summed E-state index contributed by atoms with van der Waals surface area (Å²) in [6.07, 6.45) is 3.95. The Morgan fingerprint density at radius 3 is 2.63 bits per heavy atom. The first-order valence-electron chi connectivity index (χ1n) is 9.62. The van der Waals surface area contributed by atoms with Crippen molar-refractivity contribution < 1.29 is 4.79 Å². The first-order valence-corrected chi connectivity index (χ1v) is 9.62. The second kappa shape index (κ2) is 8.10. The Bertz CT molecular complexity index is 1350. The van der Waals surface area contributed by atoms with Crippen molar-refractivity contribution in [2.24, 2.45) is 5.73 Å². The van der Waals surface area contributed by atoms with Gasteiger partial charge in [0, 0.05) is 23.1 Å². The number of aryl methyl sites for hydroxylation is 1. The molecule has 0 aliphatic carbocycles. The third kappa shape index (κ3) is 3.74. The highest BCUT2D eigenvalue weighted by atomic mass is 16.1. The van der Waals surface area contributed by atoms with Crippen LogP contribution in [0.4, 0.5) is 0 Å². The van der Waals surface area contributed by atoms with Crippen molar-refractivity contribution in [2.45, 2.75) is 19.9 Å². The number of carbonyl (C=O) groups excluding carboxylic acids is 1. The number of aromatic nitrogens is 3. The summed E-state index contributed by atoms with van der Waals surface area (Å²) in [4.78, 5) is 24.5. The lowest BCUT2D eigenvalue weighted by Crippen LogP contribution is -2.22. The highest BCUT2D eigenvalue weighted by Gasteiger charge is 2.12. The van der Waals surface area contributed by atoms with E-state index in [1.807, 2.05) is 61.5 Å². The molecule has 0 spiro atoms. The number of carbonyl (C=O) groups is 1. The Balaban J connectivity index is 1.86. The van der Waals surface area contributed by atoms with Crippen molar-refractivity contribution in [3.63, 3.8) is 0 Å². The summed E-state index contributed by atoms with van der Waals surface area (Å²) < 4.78 is 3.18. The summed E-state index contributed by atoms with van der Waals surface area (Å²) in [6.45, 7) is 2.03. The lowest BCUT2D eigenvalue weighted by atomic mass is 10.0. The molecule has 1 amide bonds. The SMILES string of the molecule is CCc1cc2cccc(C#Cc3cnn(CC(N)=O)c3)c2c(=O)n1-c1ccccc1. The van der Waals surface area contributed by atoms with Crippen molar-refractivity contribution in [3.8, 4) is 17.5 Å². The van der Waals surface area contributed by atoms with Crippen LogP contribution >= 0.6 is 0 Å². The van der Waals surface area contributed by atoms with Crippen molar-refractivity contribution in [1.82, 2.24) is 14.3 Å². The minimum Gasteiger partial charge on any atom is -0.368 e. The minimum atomic E-state index is -0.472. The smallest absolute Gasteiger partial charge is 0.264 e. The topological polar surface area (TPSA) is 82.9 Å². The van der Waals surface area contributed by atoms with E-state index in [0.29, 0.717) is 16.5 Å². The summed E-state index contributed by atoms with van der Waals surface area (Å²) in [7, 11) is 0. The number of rotatable bonds is 4. The fourth-order valence-electron chi connectivity index (χ4n) is 3.45. The van der Waals surface area contributed by atoms with Gasteiger partial charge in [0.2, 0.25) is 5.91 Å². The van der Waals surface area contributed by atoms with Crippen LogP contribution in [0.2, 0.25) is 0 Å². The van der Waals surface area contributed by atoms with Gasteiger partial charge in [0.1, 0.15) is 6.54 Å². The van der Waals surface area contributed by atoms with Crippen LogP contribution in [0.1, 0.15) is 23.7 Å². The van der Waals surface area contributed by atoms with Gasteiger partial charge in [-0.1, -0.05) is 49.1 Å². The van der Waals surface area contributed by atoms with Crippen LogP contribution in [0.3, 0.4) is 0 Å². The second-order valence-electron chi connectivity index (χ2n) is 6.88. The van der Waals surface area contributed by atoms with Gasteiger partial charge < -0.3 is 5.73 Å². The number of pyridine rings is 1. The molecule has 0 fully saturated rings. The van der Waals surface area contributed by atoms with E-state index in [9.17, 15) is 9.59 Å². The number of benzene rings is 2. The summed E-state index contributed by atoms with van der Waals surface area (Å²) in [5.74, 6) is 5.65. The fraction of sp³-hybridized carbons (Fsp3) is 0.125. The number of amides is 1. The lowest BCUT2D eigenvalue weighted by molar-refractivity contribution is -0.118. The number of nitrogens with zero attached hydrogens (tertiary/aromatic N) is 3. The predicted molar refractivity (Wildman–Crippen MR) is 116 cm³/mol. The zero-order valence-corrected chi connectivity index (χ0v) is 16.5. The molecular weight excluding hydrogens is 376 g/mol. The molecule has 0 saturated carbocycles. The van der Waals surface area contributed by atoms with Gasteiger partial charge >= 0.3 is 0 Å². The summed E-state index contributed by atoms with van der Waals surface area (Å²) in [6, 6.07) is 17.3. The van der Waals surface area contributed by atoms with Crippen LogP contribution in [-0.4, -0.2) is 20.3 Å². The predicted octanol–water partition coefficient (Wildman–Crippen LogP) is 2.63. The molecular formula is C24H20N4O2. The van der Waals surface area contributed by atoms with Crippen LogP contribution in [0.5, 0.6) is 0 Å². The van der Waals surface area contributed by atoms with Crippen LogP contribution in [0, 0.1) is 11.8 Å². The van der Waals surface area contributed by atoms with Crippen molar-refractivity contribution >= 4 is 16.7 Å². The molecule has 0 atom stereocenters. The molecule has 4 aromatic rings. The first kappa shape index (κ1) is 19.2. The highest BCUT2D eigenvalue weighted by Crippen LogP contribution is 2.19. The molecule has 2 heterocycles. The third-order valence-corrected chi connectivity index (χ3v) is 4.79. The standard InChI is InChI=1S/C24H20N4O2/c1-2-20-13-19-8-6-7-18(12-11-17-14-26-27(15-17)16-22(25)29)23(19)24(30)28(20)21-9-4-3-5-10-21/h3-10,13-15H,2,16H2,1H3,(H2,25,29).